The number of ether oxygens (including phenoxy) is 1. The number of para-hydroxylation sites is 1. The van der Waals surface area contributed by atoms with E-state index >= 15 is 0 Å². The summed E-state index contributed by atoms with van der Waals surface area (Å²) in [6.45, 7) is 1.65. The lowest BCUT2D eigenvalue weighted by atomic mass is 10.2. The van der Waals surface area contributed by atoms with Gasteiger partial charge in [0.05, 0.1) is 18.1 Å². The van der Waals surface area contributed by atoms with Crippen LogP contribution in [-0.2, 0) is 9.92 Å². The number of aliphatic hydroxyl groups excluding tert-OH is 1. The Bertz CT molecular complexity index is 1040. The van der Waals surface area contributed by atoms with Crippen LogP contribution in [0.3, 0.4) is 0 Å². The molecule has 0 aliphatic rings. The second kappa shape index (κ2) is 7.87. The molecule has 0 amide bonds. The molecule has 0 spiro atoms. The molecule has 0 aliphatic carbocycles. The molecule has 0 radical (unpaired) electrons. The molecule has 142 valence electrons. The van der Waals surface area contributed by atoms with Crippen LogP contribution in [0.5, 0.6) is 5.75 Å². The van der Waals surface area contributed by atoms with Crippen LogP contribution in [0.25, 0.3) is 10.9 Å². The minimum atomic E-state index is -3.17. The van der Waals surface area contributed by atoms with Gasteiger partial charge in [0.15, 0.2) is 0 Å². The first-order valence-electron chi connectivity index (χ1n) is 8.27. The highest BCUT2D eigenvalue weighted by Gasteiger charge is 2.12. The average Bonchev–Trinajstić information content (AvgIpc) is 2.67. The summed E-state index contributed by atoms with van der Waals surface area (Å²) in [4.78, 5) is 8.89. The number of fused-ring (bicyclic) bond motifs is 1. The average molecular weight is 387 g/mol. The maximum atomic E-state index is 12.4. The van der Waals surface area contributed by atoms with Gasteiger partial charge in [-0.05, 0) is 43.3 Å². The van der Waals surface area contributed by atoms with Gasteiger partial charge in [0.25, 0.3) is 0 Å². The fourth-order valence-electron chi connectivity index (χ4n) is 2.51. The number of benzene rings is 2. The van der Waals surface area contributed by atoms with Gasteiger partial charge >= 0.3 is 0 Å². The molecule has 1 heterocycles. The van der Waals surface area contributed by atoms with E-state index in [9.17, 15) is 9.32 Å². The molecule has 0 saturated heterocycles. The first-order valence-corrected chi connectivity index (χ1v) is 9.83. The zero-order chi connectivity index (χ0) is 19.4. The molecular formula is C18H21N5O3S. The summed E-state index contributed by atoms with van der Waals surface area (Å²) in [5.74, 6) is 1.27. The quantitative estimate of drug-likeness (QED) is 0.495. The van der Waals surface area contributed by atoms with Crippen LogP contribution in [0, 0.1) is 4.78 Å². The molecule has 3 rings (SSSR count). The fourth-order valence-corrected chi connectivity index (χ4v) is 3.67. The molecule has 8 nitrogen and oxygen atoms in total. The number of aromatic nitrogens is 2. The first kappa shape index (κ1) is 19.0. The third-order valence-corrected chi connectivity index (χ3v) is 5.39. The normalized spacial score (nSPS) is 14.5. The van der Waals surface area contributed by atoms with Gasteiger partial charge in [-0.15, -0.1) is 0 Å². The number of methoxy groups -OCH3 is 1. The Balaban J connectivity index is 1.84. The van der Waals surface area contributed by atoms with Crippen molar-refractivity contribution in [2.45, 2.75) is 17.9 Å². The summed E-state index contributed by atoms with van der Waals surface area (Å²) < 4.78 is 28.3. The Morgan fingerprint density at radius 3 is 2.63 bits per heavy atom. The number of nitrogens with zero attached hydrogens (tertiary/aromatic N) is 2. The highest BCUT2D eigenvalue weighted by molar-refractivity contribution is 7.90. The van der Waals surface area contributed by atoms with Gasteiger partial charge in [0.1, 0.15) is 33.3 Å². The zero-order valence-electron chi connectivity index (χ0n) is 15.0. The molecule has 3 aromatic rings. The second-order valence-electron chi connectivity index (χ2n) is 5.98. The van der Waals surface area contributed by atoms with Crippen LogP contribution in [0.2, 0.25) is 0 Å². The van der Waals surface area contributed by atoms with Crippen LogP contribution in [0.1, 0.15) is 6.92 Å². The minimum absolute atomic E-state index is 0.0804. The summed E-state index contributed by atoms with van der Waals surface area (Å²) in [5.41, 5.74) is 1.43. The van der Waals surface area contributed by atoms with Crippen molar-refractivity contribution in [1.29, 1.82) is 4.78 Å². The van der Waals surface area contributed by atoms with Crippen LogP contribution in [0.4, 0.5) is 11.5 Å². The van der Waals surface area contributed by atoms with E-state index in [4.69, 9.17) is 9.52 Å². The van der Waals surface area contributed by atoms with E-state index in [0.29, 0.717) is 22.0 Å². The minimum Gasteiger partial charge on any atom is -0.494 e. The second-order valence-corrected chi connectivity index (χ2v) is 7.85. The highest BCUT2D eigenvalue weighted by atomic mass is 32.2. The maximum Gasteiger partial charge on any atom is 0.145 e. The molecule has 2 aromatic carbocycles. The number of anilines is 2. The van der Waals surface area contributed by atoms with Crippen LogP contribution < -0.4 is 14.8 Å². The van der Waals surface area contributed by atoms with Crippen molar-refractivity contribution in [2.24, 2.45) is 0 Å². The lowest BCUT2D eigenvalue weighted by molar-refractivity contribution is 0.199. The molecule has 0 unspecified atom stereocenters. The van der Waals surface area contributed by atoms with Crippen molar-refractivity contribution < 1.29 is 14.1 Å². The van der Waals surface area contributed by atoms with E-state index < -0.39 is 16.0 Å². The summed E-state index contributed by atoms with van der Waals surface area (Å²) in [5, 5.41) is 13.3. The fraction of sp³-hybridized carbons (Fsp3) is 0.222. The molecule has 27 heavy (non-hydrogen) atoms. The maximum absolute atomic E-state index is 12.4. The van der Waals surface area contributed by atoms with Crippen molar-refractivity contribution in [3.8, 4) is 5.75 Å². The van der Waals surface area contributed by atoms with E-state index in [0.717, 1.165) is 11.1 Å². The van der Waals surface area contributed by atoms with E-state index in [1.807, 2.05) is 18.2 Å². The van der Waals surface area contributed by atoms with Crippen molar-refractivity contribution in [3.05, 3.63) is 48.8 Å². The van der Waals surface area contributed by atoms with E-state index in [1.165, 1.54) is 6.33 Å². The summed E-state index contributed by atoms with van der Waals surface area (Å²) in [6, 6.07) is 12.3. The molecule has 9 heteroatoms. The van der Waals surface area contributed by atoms with Gasteiger partial charge in [0.2, 0.25) is 0 Å². The van der Waals surface area contributed by atoms with Crippen molar-refractivity contribution in [1.82, 2.24) is 14.7 Å². The predicted octanol–water partition coefficient (Wildman–Crippen LogP) is 2.67. The third-order valence-electron chi connectivity index (χ3n) is 3.88. The zero-order valence-corrected chi connectivity index (χ0v) is 15.8. The van der Waals surface area contributed by atoms with Crippen molar-refractivity contribution >= 4 is 32.3 Å². The molecule has 1 aromatic heterocycles. The Morgan fingerprint density at radius 2 is 1.96 bits per heavy atom. The van der Waals surface area contributed by atoms with Gasteiger partial charge < -0.3 is 15.2 Å². The highest BCUT2D eigenvalue weighted by Crippen LogP contribution is 2.29. The number of nitrogens with one attached hydrogen (secondary N) is 3. The number of rotatable bonds is 7. The lowest BCUT2D eigenvalue weighted by Crippen LogP contribution is -2.29. The SMILES string of the molecule is COc1cccc2c(Nc3ccc([S@](=N)(=O)NC[C@@H](C)O)cc3)ncnc12. The van der Waals surface area contributed by atoms with Gasteiger partial charge in [-0.25, -0.2) is 23.7 Å². The van der Waals surface area contributed by atoms with Crippen LogP contribution >= 0.6 is 0 Å². The molecule has 0 aliphatic heterocycles. The lowest BCUT2D eigenvalue weighted by Gasteiger charge is -2.13. The van der Waals surface area contributed by atoms with E-state index in [1.54, 1.807) is 38.3 Å². The Labute approximate surface area is 157 Å². The molecule has 4 N–H and O–H groups in total. The van der Waals surface area contributed by atoms with E-state index in [2.05, 4.69) is 20.0 Å². The number of hydrogen-bond acceptors (Lipinski definition) is 7. The Kier molecular flexibility index (Phi) is 5.54. The van der Waals surface area contributed by atoms with Gasteiger partial charge in [0, 0.05) is 17.6 Å². The number of aliphatic hydroxyl groups is 1. The monoisotopic (exact) mass is 387 g/mol. The summed E-state index contributed by atoms with van der Waals surface area (Å²) >= 11 is 0. The van der Waals surface area contributed by atoms with Gasteiger partial charge in [-0.2, -0.15) is 0 Å². The van der Waals surface area contributed by atoms with Gasteiger partial charge in [-0.3, -0.25) is 0 Å². The molecule has 2 atom stereocenters. The van der Waals surface area contributed by atoms with E-state index in [-0.39, 0.29) is 6.54 Å². The Hall–Kier alpha value is -2.75. The Morgan fingerprint density at radius 1 is 1.22 bits per heavy atom. The predicted molar refractivity (Wildman–Crippen MR) is 105 cm³/mol. The first-order chi connectivity index (χ1) is 12.9. The standard InChI is InChI=1S/C18H21N5O3S/c1-12(24)10-22-27(19,25)14-8-6-13(7-9-14)23-18-15-4-3-5-16(26-2)17(15)20-11-21-18/h3-9,11-12,24H,10H2,1-2H3,(H2,19,22,25)(H,20,21,23)/t12-,27-/m1/s1. The van der Waals surface area contributed by atoms with Gasteiger partial charge in [-0.1, -0.05) is 6.07 Å². The molecule has 0 saturated carbocycles. The smallest absolute Gasteiger partial charge is 0.145 e. The molecule has 0 bridgehead atoms. The summed E-state index contributed by atoms with van der Waals surface area (Å²) in [7, 11) is -1.58. The van der Waals surface area contributed by atoms with Crippen molar-refractivity contribution in [3.63, 3.8) is 0 Å². The largest absolute Gasteiger partial charge is 0.494 e. The third kappa shape index (κ3) is 4.33. The van der Waals surface area contributed by atoms with Crippen LogP contribution in [0.15, 0.2) is 53.7 Å². The number of hydrogen-bond donors (Lipinski definition) is 4. The molecule has 0 fully saturated rings. The van der Waals surface area contributed by atoms with Crippen molar-refractivity contribution in [2.75, 3.05) is 19.0 Å². The topological polar surface area (TPSA) is 120 Å². The molecular weight excluding hydrogens is 366 g/mol. The summed E-state index contributed by atoms with van der Waals surface area (Å²) in [6.07, 6.45) is 0.776. The van der Waals surface area contributed by atoms with Crippen LogP contribution in [-0.4, -0.2) is 39.0 Å².